The van der Waals surface area contributed by atoms with Gasteiger partial charge in [-0.05, 0) is 36.4 Å². The van der Waals surface area contributed by atoms with Crippen molar-refractivity contribution < 1.29 is 14.3 Å². The standard InChI is InChI=1S/C12H14N2O3S/c1-6(15)17-11-10(16)14-12(18-11)13-9-5-7-2-3-8(9)4-7/h2-3,7-9,11H,4-5H2,1H3,(H,13,14,16). The van der Waals surface area contributed by atoms with E-state index in [1.807, 2.05) is 0 Å². The topological polar surface area (TPSA) is 67.8 Å². The van der Waals surface area contributed by atoms with Crippen LogP contribution in [0.4, 0.5) is 0 Å². The molecule has 0 aromatic rings. The molecule has 3 rings (SSSR count). The number of esters is 1. The summed E-state index contributed by atoms with van der Waals surface area (Å²) in [5.41, 5.74) is -0.806. The number of nitrogens with zero attached hydrogens (tertiary/aromatic N) is 1. The molecule has 5 nitrogen and oxygen atoms in total. The lowest BCUT2D eigenvalue weighted by atomic mass is 10.0. The first-order valence-electron chi connectivity index (χ1n) is 6.03. The Bertz CT molecular complexity index is 460. The van der Waals surface area contributed by atoms with E-state index >= 15 is 0 Å². The van der Waals surface area contributed by atoms with Gasteiger partial charge in [-0.1, -0.05) is 12.2 Å². The SMILES string of the molecule is CC(=O)OC1SC(NC2CC3C=CC2C3)=NC1=O. The lowest BCUT2D eigenvalue weighted by molar-refractivity contribution is -0.147. The summed E-state index contributed by atoms with van der Waals surface area (Å²) in [6, 6.07) is 0.357. The number of thioether (sulfide) groups is 1. The van der Waals surface area contributed by atoms with Crippen molar-refractivity contribution in [1.29, 1.82) is 0 Å². The van der Waals surface area contributed by atoms with Crippen molar-refractivity contribution in [2.75, 3.05) is 0 Å². The van der Waals surface area contributed by atoms with Gasteiger partial charge >= 0.3 is 5.97 Å². The Balaban J connectivity index is 1.58. The molecule has 1 saturated carbocycles. The van der Waals surface area contributed by atoms with Gasteiger partial charge in [-0.25, -0.2) is 0 Å². The molecule has 0 radical (unpaired) electrons. The highest BCUT2D eigenvalue weighted by Gasteiger charge is 2.38. The molecule has 4 atom stereocenters. The smallest absolute Gasteiger partial charge is 0.304 e. The van der Waals surface area contributed by atoms with Crippen LogP contribution >= 0.6 is 11.8 Å². The normalized spacial score (nSPS) is 36.9. The molecule has 1 amide bonds. The molecule has 96 valence electrons. The van der Waals surface area contributed by atoms with Gasteiger partial charge in [0.1, 0.15) is 0 Å². The van der Waals surface area contributed by atoms with Crippen LogP contribution in [-0.4, -0.2) is 28.5 Å². The molecular formula is C12H14N2O3S. The van der Waals surface area contributed by atoms with E-state index in [0.29, 0.717) is 23.0 Å². The maximum Gasteiger partial charge on any atom is 0.304 e. The maximum atomic E-state index is 11.5. The largest absolute Gasteiger partial charge is 0.441 e. The Hall–Kier alpha value is -1.30. The third kappa shape index (κ3) is 2.16. The molecule has 1 aliphatic heterocycles. The number of carbonyl (C=O) groups excluding carboxylic acids is 2. The number of nitrogens with one attached hydrogen (secondary N) is 1. The lowest BCUT2D eigenvalue weighted by Crippen LogP contribution is -2.35. The van der Waals surface area contributed by atoms with Crippen LogP contribution in [0.2, 0.25) is 0 Å². The van der Waals surface area contributed by atoms with Gasteiger partial charge in [0.2, 0.25) is 5.44 Å². The molecule has 2 bridgehead atoms. The molecule has 0 aromatic heterocycles. The fraction of sp³-hybridized carbons (Fsp3) is 0.583. The van der Waals surface area contributed by atoms with Gasteiger partial charge in [0.25, 0.3) is 5.91 Å². The van der Waals surface area contributed by atoms with Crippen molar-refractivity contribution in [3.63, 3.8) is 0 Å². The van der Waals surface area contributed by atoms with E-state index in [1.54, 1.807) is 0 Å². The van der Waals surface area contributed by atoms with Crippen molar-refractivity contribution in [2.45, 2.75) is 31.2 Å². The first-order chi connectivity index (χ1) is 8.61. The average molecular weight is 266 g/mol. The second-order valence-corrected chi connectivity index (χ2v) is 5.90. The van der Waals surface area contributed by atoms with E-state index in [9.17, 15) is 9.59 Å². The number of ether oxygens (including phenoxy) is 1. The van der Waals surface area contributed by atoms with Gasteiger partial charge in [-0.2, -0.15) is 4.99 Å². The summed E-state index contributed by atoms with van der Waals surface area (Å²) in [7, 11) is 0. The molecule has 3 aliphatic rings. The molecule has 0 spiro atoms. The first kappa shape index (κ1) is 11.8. The molecule has 4 unspecified atom stereocenters. The third-order valence-electron chi connectivity index (χ3n) is 3.49. The molecule has 0 aromatic carbocycles. The minimum Gasteiger partial charge on any atom is -0.441 e. The Labute approximate surface area is 109 Å². The molecule has 1 heterocycles. The molecular weight excluding hydrogens is 252 g/mol. The van der Waals surface area contributed by atoms with Gasteiger partial charge in [0.05, 0.1) is 0 Å². The predicted molar refractivity (Wildman–Crippen MR) is 67.9 cm³/mol. The van der Waals surface area contributed by atoms with E-state index in [1.165, 1.54) is 25.1 Å². The van der Waals surface area contributed by atoms with Crippen LogP contribution in [0.1, 0.15) is 19.8 Å². The van der Waals surface area contributed by atoms with Gasteiger partial charge in [-0.3, -0.25) is 9.59 Å². The Morgan fingerprint density at radius 2 is 2.33 bits per heavy atom. The highest BCUT2D eigenvalue weighted by atomic mass is 32.2. The summed E-state index contributed by atoms with van der Waals surface area (Å²) in [6.07, 6.45) is 6.78. The van der Waals surface area contributed by atoms with Gasteiger partial charge in [0.15, 0.2) is 5.17 Å². The number of carbonyl (C=O) groups is 2. The van der Waals surface area contributed by atoms with Crippen molar-refractivity contribution in [1.82, 2.24) is 5.32 Å². The van der Waals surface area contributed by atoms with Gasteiger partial charge < -0.3 is 10.1 Å². The third-order valence-corrected chi connectivity index (χ3v) is 4.44. The minimum atomic E-state index is -0.806. The zero-order valence-electron chi connectivity index (χ0n) is 9.96. The van der Waals surface area contributed by atoms with E-state index in [-0.39, 0.29) is 0 Å². The van der Waals surface area contributed by atoms with Crippen LogP contribution in [0.15, 0.2) is 17.1 Å². The van der Waals surface area contributed by atoms with Crippen molar-refractivity contribution >= 4 is 28.8 Å². The quantitative estimate of drug-likeness (QED) is 0.598. The summed E-state index contributed by atoms with van der Waals surface area (Å²) in [6.45, 7) is 1.29. The summed E-state index contributed by atoms with van der Waals surface area (Å²) >= 11 is 1.18. The van der Waals surface area contributed by atoms with Crippen LogP contribution < -0.4 is 5.32 Å². The maximum absolute atomic E-state index is 11.5. The zero-order chi connectivity index (χ0) is 12.7. The molecule has 1 N–H and O–H groups in total. The van der Waals surface area contributed by atoms with Crippen LogP contribution in [0, 0.1) is 11.8 Å². The monoisotopic (exact) mass is 266 g/mol. The predicted octanol–water partition coefficient (Wildman–Crippen LogP) is 1.06. The van der Waals surface area contributed by atoms with E-state index in [0.717, 1.165) is 6.42 Å². The fourth-order valence-corrected chi connectivity index (χ4v) is 3.63. The number of amidine groups is 1. The van der Waals surface area contributed by atoms with E-state index in [4.69, 9.17) is 4.74 Å². The Kier molecular flexibility index (Phi) is 2.89. The highest BCUT2D eigenvalue weighted by molar-refractivity contribution is 8.15. The molecule has 1 fully saturated rings. The van der Waals surface area contributed by atoms with Crippen molar-refractivity contribution in [2.24, 2.45) is 16.8 Å². The number of aliphatic imine (C=N–C) groups is 1. The van der Waals surface area contributed by atoms with Crippen LogP contribution in [-0.2, 0) is 14.3 Å². The summed E-state index contributed by atoms with van der Waals surface area (Å²) in [5, 5.41) is 3.87. The minimum absolute atomic E-state index is 0.357. The first-order valence-corrected chi connectivity index (χ1v) is 6.91. The van der Waals surface area contributed by atoms with Crippen molar-refractivity contribution in [3.8, 4) is 0 Å². The van der Waals surface area contributed by atoms with Crippen LogP contribution in [0.3, 0.4) is 0 Å². The fourth-order valence-electron chi connectivity index (χ4n) is 2.73. The van der Waals surface area contributed by atoms with E-state index in [2.05, 4.69) is 22.5 Å². The summed E-state index contributed by atoms with van der Waals surface area (Å²) in [5.74, 6) is 0.359. The lowest BCUT2D eigenvalue weighted by Gasteiger charge is -2.20. The number of allylic oxidation sites excluding steroid dienone is 1. The molecule has 2 aliphatic carbocycles. The average Bonchev–Trinajstić information content (AvgIpc) is 2.95. The number of rotatable bonds is 2. The number of hydrogen-bond acceptors (Lipinski definition) is 5. The second-order valence-electron chi connectivity index (χ2n) is 4.85. The zero-order valence-corrected chi connectivity index (χ0v) is 10.8. The summed E-state index contributed by atoms with van der Waals surface area (Å²) in [4.78, 5) is 26.2. The molecule has 6 heteroatoms. The van der Waals surface area contributed by atoms with Gasteiger partial charge in [0, 0.05) is 13.0 Å². The number of fused-ring (bicyclic) bond motifs is 2. The Morgan fingerprint density at radius 3 is 2.94 bits per heavy atom. The van der Waals surface area contributed by atoms with E-state index < -0.39 is 17.3 Å². The van der Waals surface area contributed by atoms with Crippen LogP contribution in [0.5, 0.6) is 0 Å². The van der Waals surface area contributed by atoms with Gasteiger partial charge in [-0.15, -0.1) is 0 Å². The highest BCUT2D eigenvalue weighted by Crippen LogP contribution is 2.39. The van der Waals surface area contributed by atoms with Crippen LogP contribution in [0.25, 0.3) is 0 Å². The summed E-state index contributed by atoms with van der Waals surface area (Å²) < 4.78 is 4.89. The molecule has 0 saturated heterocycles. The number of hydrogen-bond donors (Lipinski definition) is 1. The molecule has 18 heavy (non-hydrogen) atoms. The Morgan fingerprint density at radius 1 is 1.50 bits per heavy atom. The number of amides is 1. The van der Waals surface area contributed by atoms with Crippen molar-refractivity contribution in [3.05, 3.63) is 12.2 Å². The second kappa shape index (κ2) is 4.42.